The molecule has 7 rings (SSSR count). The molecule has 2 amide bonds. The molecule has 2 bridgehead atoms. The SMILES string of the molecule is CC(C(=O)Nc1cc(C23CC(C)(C2)C3)no1)c1ccc(-c2nn(C3(C)CC3)c(N)c2C(N)=O)c(F)c1. The molecular weight excluding hydrogens is 463 g/mol. The fourth-order valence-corrected chi connectivity index (χ4v) is 6.19. The molecule has 188 valence electrons. The number of carbonyl (C=O) groups excluding carboxylic acids is 2. The van der Waals surface area contributed by atoms with E-state index in [0.29, 0.717) is 11.0 Å². The second kappa shape index (κ2) is 7.18. The summed E-state index contributed by atoms with van der Waals surface area (Å²) in [4.78, 5) is 25.0. The van der Waals surface area contributed by atoms with Crippen LogP contribution < -0.4 is 16.8 Å². The molecule has 9 nitrogen and oxygen atoms in total. The summed E-state index contributed by atoms with van der Waals surface area (Å²) in [6.07, 6.45) is 5.02. The number of hydrogen-bond acceptors (Lipinski definition) is 6. The van der Waals surface area contributed by atoms with Crippen molar-refractivity contribution in [3.63, 3.8) is 0 Å². The largest absolute Gasteiger partial charge is 0.383 e. The van der Waals surface area contributed by atoms with Crippen LogP contribution in [0.25, 0.3) is 11.3 Å². The number of benzene rings is 1. The minimum atomic E-state index is -0.770. The highest BCUT2D eigenvalue weighted by Crippen LogP contribution is 2.73. The van der Waals surface area contributed by atoms with Crippen LogP contribution in [0.2, 0.25) is 0 Å². The number of rotatable bonds is 7. The van der Waals surface area contributed by atoms with Gasteiger partial charge in [-0.15, -0.1) is 0 Å². The summed E-state index contributed by atoms with van der Waals surface area (Å²) in [6.45, 7) is 5.92. The lowest BCUT2D eigenvalue weighted by Crippen LogP contribution is -2.62. The summed E-state index contributed by atoms with van der Waals surface area (Å²) >= 11 is 0. The Morgan fingerprint density at radius 2 is 1.89 bits per heavy atom. The molecule has 0 saturated heterocycles. The Morgan fingerprint density at radius 3 is 2.47 bits per heavy atom. The number of nitrogen functional groups attached to an aromatic ring is 1. The number of amides is 2. The van der Waals surface area contributed by atoms with Gasteiger partial charge < -0.3 is 16.0 Å². The summed E-state index contributed by atoms with van der Waals surface area (Å²) in [7, 11) is 0. The molecule has 5 N–H and O–H groups in total. The van der Waals surface area contributed by atoms with E-state index in [-0.39, 0.29) is 45.4 Å². The summed E-state index contributed by atoms with van der Waals surface area (Å²) in [5.41, 5.74) is 13.5. The number of nitrogens with one attached hydrogen (secondary N) is 1. The van der Waals surface area contributed by atoms with Crippen LogP contribution in [0.5, 0.6) is 0 Å². The Morgan fingerprint density at radius 1 is 1.19 bits per heavy atom. The Hall–Kier alpha value is -3.69. The normalized spacial score (nSPS) is 26.0. The number of primary amides is 1. The zero-order chi connectivity index (χ0) is 25.6. The average molecular weight is 493 g/mol. The second-order valence-corrected chi connectivity index (χ2v) is 11.5. The molecule has 4 fully saturated rings. The molecule has 1 unspecified atom stereocenters. The van der Waals surface area contributed by atoms with Crippen LogP contribution in [-0.4, -0.2) is 26.8 Å². The summed E-state index contributed by atoms with van der Waals surface area (Å²) in [5.74, 6) is -1.99. The quantitative estimate of drug-likeness (QED) is 0.454. The molecule has 1 atom stereocenters. The van der Waals surface area contributed by atoms with Crippen LogP contribution in [0.3, 0.4) is 0 Å². The highest BCUT2D eigenvalue weighted by molar-refractivity contribution is 6.03. The Bertz CT molecular complexity index is 1420. The summed E-state index contributed by atoms with van der Waals surface area (Å²) in [5, 5.41) is 11.4. The molecule has 36 heavy (non-hydrogen) atoms. The minimum absolute atomic E-state index is 0.000558. The van der Waals surface area contributed by atoms with Crippen molar-refractivity contribution >= 4 is 23.5 Å². The maximum absolute atomic E-state index is 15.3. The van der Waals surface area contributed by atoms with Gasteiger partial charge in [0.25, 0.3) is 5.91 Å². The fraction of sp³-hybridized carbons (Fsp3) is 0.462. The molecule has 0 aliphatic heterocycles. The van der Waals surface area contributed by atoms with Crippen LogP contribution >= 0.6 is 0 Å². The van der Waals surface area contributed by atoms with Gasteiger partial charge in [0, 0.05) is 17.0 Å². The molecular formula is C26H29FN6O3. The number of anilines is 2. The van der Waals surface area contributed by atoms with Gasteiger partial charge in [0.1, 0.15) is 22.9 Å². The number of hydrogen-bond donors (Lipinski definition) is 3. The lowest BCUT2D eigenvalue weighted by atomic mass is 9.35. The predicted molar refractivity (Wildman–Crippen MR) is 131 cm³/mol. The first-order valence-electron chi connectivity index (χ1n) is 12.2. The molecule has 2 aromatic heterocycles. The second-order valence-electron chi connectivity index (χ2n) is 11.5. The minimum Gasteiger partial charge on any atom is -0.383 e. The van der Waals surface area contributed by atoms with E-state index in [1.165, 1.54) is 12.1 Å². The van der Waals surface area contributed by atoms with Gasteiger partial charge in [-0.25, -0.2) is 9.07 Å². The number of halogens is 1. The van der Waals surface area contributed by atoms with E-state index in [4.69, 9.17) is 16.0 Å². The molecule has 2 heterocycles. The van der Waals surface area contributed by atoms with Crippen LogP contribution in [-0.2, 0) is 15.7 Å². The number of aromatic nitrogens is 3. The molecule has 0 spiro atoms. The Balaban J connectivity index is 1.21. The van der Waals surface area contributed by atoms with Crippen molar-refractivity contribution in [1.29, 1.82) is 0 Å². The van der Waals surface area contributed by atoms with E-state index in [0.717, 1.165) is 37.8 Å². The first-order chi connectivity index (χ1) is 16.9. The van der Waals surface area contributed by atoms with Crippen LogP contribution in [0, 0.1) is 11.2 Å². The Labute approximate surface area is 207 Å². The third kappa shape index (κ3) is 3.26. The van der Waals surface area contributed by atoms with Gasteiger partial charge in [-0.1, -0.05) is 18.1 Å². The summed E-state index contributed by atoms with van der Waals surface area (Å²) in [6, 6.07) is 6.19. The van der Waals surface area contributed by atoms with E-state index >= 15 is 4.39 Å². The van der Waals surface area contributed by atoms with Gasteiger partial charge in [-0.2, -0.15) is 5.10 Å². The van der Waals surface area contributed by atoms with Crippen molar-refractivity contribution in [3.05, 3.63) is 46.9 Å². The maximum atomic E-state index is 15.3. The van der Waals surface area contributed by atoms with Crippen molar-refractivity contribution in [3.8, 4) is 11.3 Å². The first-order valence-corrected chi connectivity index (χ1v) is 12.2. The standard InChI is InChI=1S/C26H29FN6O3/c1-13(23(35)30-18-9-17(32-36-18)26-10-24(2,11-26)12-26)14-4-5-15(16(27)8-14)20-19(22(29)34)21(28)33(31-20)25(3)6-7-25/h4-5,8-9,13H,6-7,10-12,28H2,1-3H3,(H2,29,34)(H,30,35). The fourth-order valence-electron chi connectivity index (χ4n) is 6.19. The molecule has 3 aromatic rings. The van der Waals surface area contributed by atoms with Crippen molar-refractivity contribution in [2.24, 2.45) is 11.1 Å². The van der Waals surface area contributed by atoms with E-state index < -0.39 is 17.6 Å². The zero-order valence-electron chi connectivity index (χ0n) is 20.5. The monoisotopic (exact) mass is 492 g/mol. The van der Waals surface area contributed by atoms with Gasteiger partial charge in [0.2, 0.25) is 11.8 Å². The van der Waals surface area contributed by atoms with Gasteiger partial charge in [-0.05, 0) is 69.1 Å². The molecule has 4 aliphatic rings. The van der Waals surface area contributed by atoms with Crippen molar-refractivity contribution in [1.82, 2.24) is 14.9 Å². The number of nitrogens with two attached hydrogens (primary N) is 2. The first kappa shape index (κ1) is 22.8. The highest BCUT2D eigenvalue weighted by Gasteiger charge is 2.66. The van der Waals surface area contributed by atoms with Gasteiger partial charge in [-0.3, -0.25) is 14.9 Å². The average Bonchev–Trinajstić information content (AvgIpc) is 3.19. The zero-order valence-corrected chi connectivity index (χ0v) is 20.5. The van der Waals surface area contributed by atoms with Crippen LogP contribution in [0.15, 0.2) is 28.8 Å². The molecule has 0 radical (unpaired) electrons. The van der Waals surface area contributed by atoms with Crippen molar-refractivity contribution in [2.75, 3.05) is 11.1 Å². The van der Waals surface area contributed by atoms with E-state index in [9.17, 15) is 9.59 Å². The van der Waals surface area contributed by atoms with Gasteiger partial charge in [0.15, 0.2) is 0 Å². The lowest BCUT2D eigenvalue weighted by molar-refractivity contribution is -0.129. The molecule has 4 saturated carbocycles. The third-order valence-corrected chi connectivity index (χ3v) is 8.39. The number of nitrogens with zero attached hydrogens (tertiary/aromatic N) is 3. The van der Waals surface area contributed by atoms with Crippen LogP contribution in [0.1, 0.15) is 80.4 Å². The van der Waals surface area contributed by atoms with E-state index in [2.05, 4.69) is 22.5 Å². The van der Waals surface area contributed by atoms with Crippen molar-refractivity contribution in [2.45, 2.75) is 69.7 Å². The van der Waals surface area contributed by atoms with E-state index in [1.807, 2.05) is 6.92 Å². The highest BCUT2D eigenvalue weighted by atomic mass is 19.1. The molecule has 4 aliphatic carbocycles. The third-order valence-electron chi connectivity index (χ3n) is 8.39. The van der Waals surface area contributed by atoms with Gasteiger partial charge >= 0.3 is 0 Å². The molecule has 1 aromatic carbocycles. The lowest BCUT2D eigenvalue weighted by Gasteiger charge is -2.68. The summed E-state index contributed by atoms with van der Waals surface area (Å²) < 4.78 is 22.2. The molecule has 10 heteroatoms. The van der Waals surface area contributed by atoms with Gasteiger partial charge in [0.05, 0.1) is 17.2 Å². The maximum Gasteiger partial charge on any atom is 0.254 e. The van der Waals surface area contributed by atoms with Crippen molar-refractivity contribution < 1.29 is 18.5 Å². The number of carbonyl (C=O) groups is 2. The predicted octanol–water partition coefficient (Wildman–Crippen LogP) is 4.05. The topological polar surface area (TPSA) is 142 Å². The van der Waals surface area contributed by atoms with E-state index in [1.54, 1.807) is 23.7 Å². The smallest absolute Gasteiger partial charge is 0.254 e. The Kier molecular flexibility index (Phi) is 4.54. The van der Waals surface area contributed by atoms with Crippen LogP contribution in [0.4, 0.5) is 16.1 Å².